The Balaban J connectivity index is 2.86. The van der Waals surface area contributed by atoms with E-state index in [1.54, 1.807) is 24.5 Å². The lowest BCUT2D eigenvalue weighted by Crippen LogP contribution is -2.20. The van der Waals surface area contributed by atoms with Gasteiger partial charge in [0.15, 0.2) is 0 Å². The van der Waals surface area contributed by atoms with E-state index in [0.29, 0.717) is 11.4 Å². The Labute approximate surface area is 101 Å². The van der Waals surface area contributed by atoms with Gasteiger partial charge in [-0.3, -0.25) is 4.79 Å². The van der Waals surface area contributed by atoms with Crippen LogP contribution in [0.3, 0.4) is 0 Å². The predicted octanol–water partition coefficient (Wildman–Crippen LogP) is 2.84. The van der Waals surface area contributed by atoms with Crippen LogP contribution in [-0.2, 0) is 4.79 Å². The van der Waals surface area contributed by atoms with Crippen LogP contribution in [-0.4, -0.2) is 5.91 Å². The molecule has 0 saturated carbocycles. The molecule has 4 nitrogen and oxygen atoms in total. The van der Waals surface area contributed by atoms with Gasteiger partial charge in [-0.1, -0.05) is 19.9 Å². The van der Waals surface area contributed by atoms with Gasteiger partial charge in [0, 0.05) is 17.7 Å². The normalized spacial score (nSPS) is 11.4. The zero-order valence-corrected chi connectivity index (χ0v) is 10.3. The zero-order chi connectivity index (χ0) is 12.8. The first-order valence-corrected chi connectivity index (χ1v) is 5.56. The fourth-order valence-corrected chi connectivity index (χ4v) is 1.29. The van der Waals surface area contributed by atoms with Crippen LogP contribution in [0.25, 0.3) is 0 Å². The number of ether oxygens (including phenoxy) is 1. The first-order valence-electron chi connectivity index (χ1n) is 5.56. The van der Waals surface area contributed by atoms with Crippen molar-refractivity contribution in [3.8, 4) is 12.0 Å². The number of carbonyl (C=O) groups excluding carboxylic acids is 1. The number of nitrogens with one attached hydrogen (secondary N) is 1. The maximum Gasteiger partial charge on any atom is 0.292 e. The van der Waals surface area contributed by atoms with Gasteiger partial charge in [-0.15, -0.1) is 5.26 Å². The summed E-state index contributed by atoms with van der Waals surface area (Å²) in [7, 11) is 0. The van der Waals surface area contributed by atoms with Crippen molar-refractivity contribution in [2.24, 2.45) is 5.92 Å². The molecule has 0 bridgehead atoms. The summed E-state index contributed by atoms with van der Waals surface area (Å²) in [4.78, 5) is 11.7. The summed E-state index contributed by atoms with van der Waals surface area (Å²) in [6.07, 6.45) is 2.40. The molecule has 1 unspecified atom stereocenters. The zero-order valence-electron chi connectivity index (χ0n) is 10.3. The van der Waals surface area contributed by atoms with Crippen LogP contribution >= 0.6 is 0 Å². The molecular weight excluding hydrogens is 216 g/mol. The van der Waals surface area contributed by atoms with Gasteiger partial charge in [0.25, 0.3) is 6.26 Å². The molecule has 0 aliphatic heterocycles. The number of carbonyl (C=O) groups is 1. The van der Waals surface area contributed by atoms with Gasteiger partial charge in [0.1, 0.15) is 5.75 Å². The van der Waals surface area contributed by atoms with Gasteiger partial charge in [0.05, 0.1) is 0 Å². The molecule has 0 aliphatic rings. The van der Waals surface area contributed by atoms with Crippen molar-refractivity contribution < 1.29 is 9.53 Å². The number of rotatable bonds is 4. The standard InChI is InChI=1S/C13H16N2O2/c1-4-9(2)13(16)15-12-7-11(17-8-14)6-5-10(12)3/h5-7,9H,4H2,1-3H3,(H,15,16). The van der Waals surface area contributed by atoms with E-state index in [9.17, 15) is 4.79 Å². The van der Waals surface area contributed by atoms with Gasteiger partial charge in [-0.2, -0.15) is 0 Å². The number of benzene rings is 1. The van der Waals surface area contributed by atoms with E-state index in [2.05, 4.69) is 5.32 Å². The van der Waals surface area contributed by atoms with E-state index in [1.807, 2.05) is 20.8 Å². The van der Waals surface area contributed by atoms with Crippen molar-refractivity contribution in [2.75, 3.05) is 5.32 Å². The van der Waals surface area contributed by atoms with E-state index in [1.165, 1.54) is 0 Å². The van der Waals surface area contributed by atoms with Crippen LogP contribution in [0, 0.1) is 24.4 Å². The second-order valence-electron chi connectivity index (χ2n) is 3.97. The largest absolute Gasteiger partial charge is 0.388 e. The van der Waals surface area contributed by atoms with Crippen molar-refractivity contribution in [1.29, 1.82) is 5.26 Å². The fraction of sp³-hybridized carbons (Fsp3) is 0.385. The Morgan fingerprint density at radius 1 is 1.59 bits per heavy atom. The highest BCUT2D eigenvalue weighted by Gasteiger charge is 2.12. The van der Waals surface area contributed by atoms with Gasteiger partial charge >= 0.3 is 0 Å². The number of aryl methyl sites for hydroxylation is 1. The van der Waals surface area contributed by atoms with Gasteiger partial charge in [-0.05, 0) is 25.0 Å². The van der Waals surface area contributed by atoms with Crippen molar-refractivity contribution in [2.45, 2.75) is 27.2 Å². The van der Waals surface area contributed by atoms with Crippen molar-refractivity contribution in [3.63, 3.8) is 0 Å². The van der Waals surface area contributed by atoms with Gasteiger partial charge < -0.3 is 10.1 Å². The van der Waals surface area contributed by atoms with Gasteiger partial charge in [-0.25, -0.2) is 0 Å². The lowest BCUT2D eigenvalue weighted by molar-refractivity contribution is -0.119. The summed E-state index contributed by atoms with van der Waals surface area (Å²) in [5.41, 5.74) is 1.62. The molecule has 4 heteroatoms. The minimum atomic E-state index is -0.0325. The van der Waals surface area contributed by atoms with Crippen molar-refractivity contribution in [1.82, 2.24) is 0 Å². The molecular formula is C13H16N2O2. The summed E-state index contributed by atoms with van der Waals surface area (Å²) in [6, 6.07) is 5.15. The molecule has 0 fully saturated rings. The molecule has 0 heterocycles. The molecule has 0 aliphatic carbocycles. The van der Waals surface area contributed by atoms with Crippen molar-refractivity contribution >= 4 is 11.6 Å². The second kappa shape index (κ2) is 5.90. The van der Waals surface area contributed by atoms with Crippen LogP contribution in [0.4, 0.5) is 5.69 Å². The van der Waals surface area contributed by atoms with Gasteiger partial charge in [0.2, 0.25) is 5.91 Å². The molecule has 1 aromatic carbocycles. The van der Waals surface area contributed by atoms with E-state index >= 15 is 0 Å². The number of hydrogen-bond donors (Lipinski definition) is 1. The SMILES string of the molecule is CCC(C)C(=O)Nc1cc(OC#N)ccc1C. The van der Waals surface area contributed by atoms with E-state index in [4.69, 9.17) is 10.00 Å². The highest BCUT2D eigenvalue weighted by molar-refractivity contribution is 5.93. The Hall–Kier alpha value is -2.02. The average Bonchev–Trinajstić information content (AvgIpc) is 2.32. The molecule has 0 saturated heterocycles. The summed E-state index contributed by atoms with van der Waals surface area (Å²) in [6.45, 7) is 5.73. The number of nitrogens with zero attached hydrogens (tertiary/aromatic N) is 1. The summed E-state index contributed by atoms with van der Waals surface area (Å²) < 4.78 is 4.72. The molecule has 1 N–H and O–H groups in total. The molecule has 17 heavy (non-hydrogen) atoms. The topological polar surface area (TPSA) is 62.1 Å². The van der Waals surface area contributed by atoms with E-state index in [0.717, 1.165) is 12.0 Å². The Bertz CT molecular complexity index is 449. The minimum absolute atomic E-state index is 0.0234. The molecule has 1 atom stereocenters. The molecule has 1 aromatic rings. The molecule has 1 rings (SSSR count). The Kier molecular flexibility index (Phi) is 4.53. The smallest absolute Gasteiger partial charge is 0.292 e. The monoisotopic (exact) mass is 232 g/mol. The third-order valence-electron chi connectivity index (χ3n) is 2.69. The van der Waals surface area contributed by atoms with Crippen LogP contribution in [0.1, 0.15) is 25.8 Å². The number of hydrogen-bond acceptors (Lipinski definition) is 3. The fourth-order valence-electron chi connectivity index (χ4n) is 1.29. The molecule has 90 valence electrons. The molecule has 1 amide bonds. The van der Waals surface area contributed by atoms with Crippen LogP contribution in [0.15, 0.2) is 18.2 Å². The number of anilines is 1. The maximum absolute atomic E-state index is 11.7. The summed E-state index contributed by atoms with van der Waals surface area (Å²) in [5.74, 6) is 0.372. The van der Waals surface area contributed by atoms with Crippen LogP contribution in [0.2, 0.25) is 0 Å². The molecule has 0 spiro atoms. The highest BCUT2D eigenvalue weighted by Crippen LogP contribution is 2.22. The predicted molar refractivity (Wildman–Crippen MR) is 65.5 cm³/mol. The van der Waals surface area contributed by atoms with Crippen LogP contribution < -0.4 is 10.1 Å². The van der Waals surface area contributed by atoms with Crippen LogP contribution in [0.5, 0.6) is 5.75 Å². The summed E-state index contributed by atoms with van der Waals surface area (Å²) in [5, 5.41) is 11.3. The minimum Gasteiger partial charge on any atom is -0.388 e. The first kappa shape index (κ1) is 13.0. The Morgan fingerprint density at radius 2 is 2.29 bits per heavy atom. The average molecular weight is 232 g/mol. The molecule has 0 aromatic heterocycles. The maximum atomic E-state index is 11.7. The number of nitriles is 1. The third-order valence-corrected chi connectivity index (χ3v) is 2.69. The number of amides is 1. The Morgan fingerprint density at radius 3 is 2.88 bits per heavy atom. The summed E-state index contributed by atoms with van der Waals surface area (Å²) >= 11 is 0. The second-order valence-corrected chi connectivity index (χ2v) is 3.97. The van der Waals surface area contributed by atoms with E-state index in [-0.39, 0.29) is 11.8 Å². The lowest BCUT2D eigenvalue weighted by Gasteiger charge is -2.12. The van der Waals surface area contributed by atoms with E-state index < -0.39 is 0 Å². The molecule has 0 radical (unpaired) electrons. The third kappa shape index (κ3) is 3.49. The first-order chi connectivity index (χ1) is 8.08. The quantitative estimate of drug-likeness (QED) is 0.812. The van der Waals surface area contributed by atoms with Crippen molar-refractivity contribution in [3.05, 3.63) is 23.8 Å². The lowest BCUT2D eigenvalue weighted by atomic mass is 10.1. The highest BCUT2D eigenvalue weighted by atomic mass is 16.5.